The molecule has 2 saturated heterocycles. The second-order valence-electron chi connectivity index (χ2n) is 7.44. The average Bonchev–Trinajstić information content (AvgIpc) is 2.80. The summed E-state index contributed by atoms with van der Waals surface area (Å²) in [6.45, 7) is 8.08. The third-order valence-electron chi connectivity index (χ3n) is 5.50. The monoisotopic (exact) mass is 401 g/mol. The highest BCUT2D eigenvalue weighted by Gasteiger charge is 2.28. The van der Waals surface area contributed by atoms with Crippen LogP contribution in [0.2, 0.25) is 0 Å². The van der Waals surface area contributed by atoms with Gasteiger partial charge in [0.1, 0.15) is 0 Å². The lowest BCUT2D eigenvalue weighted by atomic mass is 9.88. The van der Waals surface area contributed by atoms with E-state index in [0.717, 1.165) is 19.6 Å². The van der Waals surface area contributed by atoms with E-state index in [2.05, 4.69) is 39.8 Å². The Kier molecular flexibility index (Phi) is 10.6. The van der Waals surface area contributed by atoms with Gasteiger partial charge in [0.2, 0.25) is 5.91 Å². The minimum absolute atomic E-state index is 0. The van der Waals surface area contributed by atoms with Gasteiger partial charge in [-0.2, -0.15) is 0 Å². The van der Waals surface area contributed by atoms with Gasteiger partial charge in [0.05, 0.1) is 0 Å². The van der Waals surface area contributed by atoms with Crippen LogP contribution in [0.4, 0.5) is 0 Å². The zero-order chi connectivity index (χ0) is 16.8. The van der Waals surface area contributed by atoms with E-state index in [-0.39, 0.29) is 36.6 Å². The molecule has 4 nitrogen and oxygen atoms in total. The first kappa shape index (κ1) is 23.2. The van der Waals surface area contributed by atoms with E-state index in [0.29, 0.717) is 12.5 Å². The van der Waals surface area contributed by atoms with Gasteiger partial charge in [-0.3, -0.25) is 9.69 Å². The quantitative estimate of drug-likeness (QED) is 0.767. The van der Waals surface area contributed by atoms with Gasteiger partial charge in [0.25, 0.3) is 0 Å². The molecule has 0 bridgehead atoms. The second kappa shape index (κ2) is 11.8. The molecule has 2 N–H and O–H groups in total. The molecule has 0 spiro atoms. The van der Waals surface area contributed by atoms with Gasteiger partial charge < -0.3 is 10.6 Å². The van der Waals surface area contributed by atoms with E-state index in [1.54, 1.807) is 0 Å². The molecular weight excluding hydrogens is 369 g/mol. The third kappa shape index (κ3) is 6.73. The molecule has 0 aromatic heterocycles. The standard InChI is InChI=1S/C20H31N3O.2ClH/c1-16(19-13-21-14-19)20(24)22-12-17-7-6-8-18(11-17)15-23-9-4-2-3-5-10-23;;/h6-8,11,16,19,21H,2-5,9-10,12-15H2,1H3,(H,22,24);2*1H. The number of nitrogens with zero attached hydrogens (tertiary/aromatic N) is 1. The number of likely N-dealkylation sites (tertiary alicyclic amines) is 1. The Bertz CT molecular complexity index is 544. The number of carbonyl (C=O) groups excluding carboxylic acids is 1. The molecule has 2 heterocycles. The summed E-state index contributed by atoms with van der Waals surface area (Å²) in [6.07, 6.45) is 5.39. The molecule has 1 atom stereocenters. The Morgan fingerprint density at radius 3 is 2.42 bits per heavy atom. The van der Waals surface area contributed by atoms with E-state index < -0.39 is 0 Å². The van der Waals surface area contributed by atoms with Crippen molar-refractivity contribution in [2.24, 2.45) is 11.8 Å². The van der Waals surface area contributed by atoms with E-state index in [9.17, 15) is 4.79 Å². The van der Waals surface area contributed by atoms with Crippen LogP contribution >= 0.6 is 24.8 Å². The molecule has 1 aromatic carbocycles. The van der Waals surface area contributed by atoms with Crippen LogP contribution in [-0.2, 0) is 17.9 Å². The predicted octanol–water partition coefficient (Wildman–Crippen LogP) is 3.38. The molecule has 2 fully saturated rings. The van der Waals surface area contributed by atoms with Crippen molar-refractivity contribution < 1.29 is 4.79 Å². The maximum absolute atomic E-state index is 12.2. The number of nitrogens with one attached hydrogen (secondary N) is 2. The van der Waals surface area contributed by atoms with Gasteiger partial charge in [0.15, 0.2) is 0 Å². The minimum atomic E-state index is 0. The van der Waals surface area contributed by atoms with E-state index >= 15 is 0 Å². The van der Waals surface area contributed by atoms with Gasteiger partial charge in [-0.15, -0.1) is 24.8 Å². The van der Waals surface area contributed by atoms with Crippen LogP contribution < -0.4 is 10.6 Å². The Morgan fingerprint density at radius 2 is 1.81 bits per heavy atom. The molecule has 26 heavy (non-hydrogen) atoms. The fraction of sp³-hybridized carbons (Fsp3) is 0.650. The molecule has 1 unspecified atom stereocenters. The molecule has 2 aliphatic heterocycles. The number of carbonyl (C=O) groups is 1. The highest BCUT2D eigenvalue weighted by atomic mass is 35.5. The SMILES string of the molecule is CC(C(=O)NCc1cccc(CN2CCCCCC2)c1)C1CNC1.Cl.Cl. The van der Waals surface area contributed by atoms with Crippen LogP contribution in [-0.4, -0.2) is 37.0 Å². The molecule has 3 rings (SSSR count). The van der Waals surface area contributed by atoms with Gasteiger partial charge in [-0.25, -0.2) is 0 Å². The Balaban J connectivity index is 0.00000169. The molecule has 0 aliphatic carbocycles. The fourth-order valence-corrected chi connectivity index (χ4v) is 3.62. The van der Waals surface area contributed by atoms with Crippen molar-refractivity contribution in [1.29, 1.82) is 0 Å². The fourth-order valence-electron chi connectivity index (χ4n) is 3.62. The van der Waals surface area contributed by atoms with Crippen molar-refractivity contribution in [3.8, 4) is 0 Å². The van der Waals surface area contributed by atoms with Crippen LogP contribution in [0.5, 0.6) is 0 Å². The first-order chi connectivity index (χ1) is 11.7. The molecule has 1 amide bonds. The second-order valence-corrected chi connectivity index (χ2v) is 7.44. The van der Waals surface area contributed by atoms with Crippen LogP contribution in [0.1, 0.15) is 43.7 Å². The first-order valence-electron chi connectivity index (χ1n) is 9.51. The van der Waals surface area contributed by atoms with Crippen LogP contribution in [0, 0.1) is 11.8 Å². The molecule has 0 radical (unpaired) electrons. The van der Waals surface area contributed by atoms with Crippen molar-refractivity contribution >= 4 is 30.7 Å². The number of amides is 1. The summed E-state index contributed by atoms with van der Waals surface area (Å²) in [7, 11) is 0. The van der Waals surface area contributed by atoms with E-state index in [4.69, 9.17) is 0 Å². The third-order valence-corrected chi connectivity index (χ3v) is 5.50. The molecule has 2 aliphatic rings. The van der Waals surface area contributed by atoms with Gasteiger partial charge in [-0.05, 0) is 56.1 Å². The van der Waals surface area contributed by atoms with Crippen molar-refractivity contribution in [2.75, 3.05) is 26.2 Å². The van der Waals surface area contributed by atoms with Crippen molar-refractivity contribution in [2.45, 2.75) is 45.7 Å². The maximum Gasteiger partial charge on any atom is 0.223 e. The highest BCUT2D eigenvalue weighted by molar-refractivity contribution is 5.85. The first-order valence-corrected chi connectivity index (χ1v) is 9.51. The largest absolute Gasteiger partial charge is 0.352 e. The average molecular weight is 402 g/mol. The number of benzene rings is 1. The molecule has 1 aromatic rings. The zero-order valence-corrected chi connectivity index (χ0v) is 17.3. The van der Waals surface area contributed by atoms with Crippen molar-refractivity contribution in [1.82, 2.24) is 15.5 Å². The smallest absolute Gasteiger partial charge is 0.223 e. The highest BCUT2D eigenvalue weighted by Crippen LogP contribution is 2.17. The van der Waals surface area contributed by atoms with E-state index in [1.165, 1.54) is 49.9 Å². The summed E-state index contributed by atoms with van der Waals surface area (Å²) in [5.74, 6) is 0.783. The normalized spacial score (nSPS) is 19.3. The molecular formula is C20H33Cl2N3O. The van der Waals surface area contributed by atoms with Gasteiger partial charge in [-0.1, -0.05) is 44.0 Å². The number of halogens is 2. The summed E-state index contributed by atoms with van der Waals surface area (Å²) >= 11 is 0. The summed E-state index contributed by atoms with van der Waals surface area (Å²) in [5.41, 5.74) is 2.56. The number of hydrogen-bond acceptors (Lipinski definition) is 3. The summed E-state index contributed by atoms with van der Waals surface area (Å²) < 4.78 is 0. The van der Waals surface area contributed by atoms with Crippen LogP contribution in [0.25, 0.3) is 0 Å². The maximum atomic E-state index is 12.2. The van der Waals surface area contributed by atoms with Crippen LogP contribution in [0.15, 0.2) is 24.3 Å². The van der Waals surface area contributed by atoms with Gasteiger partial charge in [0, 0.05) is 19.0 Å². The zero-order valence-electron chi connectivity index (χ0n) is 15.7. The number of rotatable bonds is 6. The Morgan fingerprint density at radius 1 is 1.15 bits per heavy atom. The van der Waals surface area contributed by atoms with Crippen molar-refractivity contribution in [3.63, 3.8) is 0 Å². The topological polar surface area (TPSA) is 44.4 Å². The summed E-state index contributed by atoms with van der Waals surface area (Å²) in [4.78, 5) is 14.8. The minimum Gasteiger partial charge on any atom is -0.352 e. The lowest BCUT2D eigenvalue weighted by molar-refractivity contribution is -0.126. The summed E-state index contributed by atoms with van der Waals surface area (Å²) in [5, 5.41) is 6.35. The summed E-state index contributed by atoms with van der Waals surface area (Å²) in [6, 6.07) is 8.69. The molecule has 6 heteroatoms. The Labute approximate surface area is 170 Å². The van der Waals surface area contributed by atoms with Gasteiger partial charge >= 0.3 is 0 Å². The molecule has 148 valence electrons. The molecule has 0 saturated carbocycles. The predicted molar refractivity (Wildman–Crippen MR) is 112 cm³/mol. The lowest BCUT2D eigenvalue weighted by Crippen LogP contribution is -2.49. The lowest BCUT2D eigenvalue weighted by Gasteiger charge is -2.31. The van der Waals surface area contributed by atoms with E-state index in [1.807, 2.05) is 6.92 Å². The Hall–Kier alpha value is -0.810. The number of hydrogen-bond donors (Lipinski definition) is 2. The van der Waals surface area contributed by atoms with Crippen molar-refractivity contribution in [3.05, 3.63) is 35.4 Å². The van der Waals surface area contributed by atoms with Crippen LogP contribution in [0.3, 0.4) is 0 Å².